The second-order valence-electron chi connectivity index (χ2n) is 5.32. The number of anilines is 1. The van der Waals surface area contributed by atoms with Crippen LogP contribution in [-0.2, 0) is 0 Å². The third-order valence-electron chi connectivity index (χ3n) is 3.48. The molecule has 0 aromatic carbocycles. The van der Waals surface area contributed by atoms with Gasteiger partial charge in [0, 0.05) is 18.9 Å². The first-order chi connectivity index (χ1) is 9.93. The van der Waals surface area contributed by atoms with Crippen molar-refractivity contribution in [3.63, 3.8) is 0 Å². The van der Waals surface area contributed by atoms with E-state index < -0.39 is 0 Å². The van der Waals surface area contributed by atoms with Gasteiger partial charge in [-0.15, -0.1) is 0 Å². The van der Waals surface area contributed by atoms with Gasteiger partial charge in [-0.25, -0.2) is 9.97 Å². The Morgan fingerprint density at radius 2 is 1.25 bits per heavy atom. The van der Waals surface area contributed by atoms with Crippen molar-refractivity contribution < 1.29 is 0 Å². The van der Waals surface area contributed by atoms with Crippen LogP contribution < -0.4 is 11.1 Å². The van der Waals surface area contributed by atoms with Gasteiger partial charge in [-0.2, -0.15) is 0 Å². The highest BCUT2D eigenvalue weighted by atomic mass is 15.1. The molecular weight excluding hydrogens is 248 g/mol. The lowest BCUT2D eigenvalue weighted by Gasteiger charge is -2.04. The van der Waals surface area contributed by atoms with Gasteiger partial charge in [0.25, 0.3) is 0 Å². The Morgan fingerprint density at radius 1 is 0.750 bits per heavy atom. The summed E-state index contributed by atoms with van der Waals surface area (Å²) in [7, 11) is 0. The largest absolute Gasteiger partial charge is 0.354 e. The quantitative estimate of drug-likeness (QED) is 0.539. The van der Waals surface area contributed by atoms with Crippen LogP contribution in [0.15, 0.2) is 18.5 Å². The van der Waals surface area contributed by atoms with Gasteiger partial charge in [-0.05, 0) is 25.5 Å². The summed E-state index contributed by atoms with van der Waals surface area (Å²) in [6.45, 7) is 1.82. The Morgan fingerprint density at radius 3 is 1.80 bits per heavy atom. The van der Waals surface area contributed by atoms with Crippen molar-refractivity contribution in [2.75, 3.05) is 18.4 Å². The van der Waals surface area contributed by atoms with Crippen LogP contribution in [0.4, 0.5) is 5.95 Å². The predicted molar refractivity (Wildman–Crippen MR) is 85.7 cm³/mol. The molecule has 0 fully saturated rings. The SMILES string of the molecule is NCCCCCCCCCCCCNc1ncccn1. The normalized spacial score (nSPS) is 10.7. The molecule has 1 aromatic heterocycles. The number of hydrogen-bond acceptors (Lipinski definition) is 4. The number of aromatic nitrogens is 2. The molecule has 0 aliphatic rings. The van der Waals surface area contributed by atoms with E-state index in [-0.39, 0.29) is 0 Å². The molecule has 0 aliphatic carbocycles. The Hall–Kier alpha value is -1.16. The zero-order chi connectivity index (χ0) is 14.3. The lowest BCUT2D eigenvalue weighted by molar-refractivity contribution is 0.556. The Bertz CT molecular complexity index is 303. The summed E-state index contributed by atoms with van der Waals surface area (Å²) in [5.74, 6) is 0.741. The summed E-state index contributed by atoms with van der Waals surface area (Å²) >= 11 is 0. The van der Waals surface area contributed by atoms with Gasteiger partial charge in [0.05, 0.1) is 0 Å². The number of nitrogens with zero attached hydrogens (tertiary/aromatic N) is 2. The lowest BCUT2D eigenvalue weighted by Crippen LogP contribution is -2.04. The molecule has 1 rings (SSSR count). The van der Waals surface area contributed by atoms with Crippen LogP contribution in [0.25, 0.3) is 0 Å². The van der Waals surface area contributed by atoms with Gasteiger partial charge in [-0.1, -0.05) is 51.4 Å². The molecule has 4 nitrogen and oxygen atoms in total. The maximum Gasteiger partial charge on any atom is 0.222 e. The summed E-state index contributed by atoms with van der Waals surface area (Å²) in [6.07, 6.45) is 16.8. The predicted octanol–water partition coefficient (Wildman–Crippen LogP) is 3.75. The third kappa shape index (κ3) is 9.73. The fourth-order valence-electron chi connectivity index (χ4n) is 2.27. The molecule has 0 radical (unpaired) electrons. The minimum Gasteiger partial charge on any atom is -0.354 e. The maximum atomic E-state index is 5.47. The van der Waals surface area contributed by atoms with Gasteiger partial charge in [0.1, 0.15) is 0 Å². The highest BCUT2D eigenvalue weighted by molar-refractivity contribution is 5.21. The number of nitrogens with two attached hydrogens (primary N) is 1. The van der Waals surface area contributed by atoms with E-state index >= 15 is 0 Å². The molecule has 4 heteroatoms. The molecular formula is C16H30N4. The molecule has 3 N–H and O–H groups in total. The van der Waals surface area contributed by atoms with E-state index in [1.807, 2.05) is 6.07 Å². The first kappa shape index (κ1) is 16.9. The first-order valence-corrected chi connectivity index (χ1v) is 8.14. The highest BCUT2D eigenvalue weighted by Gasteiger charge is 1.94. The van der Waals surface area contributed by atoms with Crippen molar-refractivity contribution in [3.8, 4) is 0 Å². The lowest BCUT2D eigenvalue weighted by atomic mass is 10.1. The van der Waals surface area contributed by atoms with Crippen LogP contribution in [-0.4, -0.2) is 23.1 Å². The Kier molecular flexibility index (Phi) is 10.9. The number of hydrogen-bond donors (Lipinski definition) is 2. The average molecular weight is 278 g/mol. The van der Waals surface area contributed by atoms with Crippen LogP contribution in [0, 0.1) is 0 Å². The summed E-state index contributed by atoms with van der Waals surface area (Å²) in [4.78, 5) is 8.28. The van der Waals surface area contributed by atoms with Crippen LogP contribution in [0.1, 0.15) is 64.2 Å². The van der Waals surface area contributed by atoms with E-state index in [0.29, 0.717) is 0 Å². The second kappa shape index (κ2) is 12.9. The van der Waals surface area contributed by atoms with Crippen molar-refractivity contribution in [3.05, 3.63) is 18.5 Å². The average Bonchev–Trinajstić information content (AvgIpc) is 2.49. The van der Waals surface area contributed by atoms with E-state index in [0.717, 1.165) is 19.0 Å². The van der Waals surface area contributed by atoms with E-state index in [4.69, 9.17) is 5.73 Å². The molecule has 0 aliphatic heterocycles. The monoisotopic (exact) mass is 278 g/mol. The van der Waals surface area contributed by atoms with Gasteiger partial charge in [0.2, 0.25) is 5.95 Å². The van der Waals surface area contributed by atoms with Crippen molar-refractivity contribution in [1.29, 1.82) is 0 Å². The molecule has 1 heterocycles. The van der Waals surface area contributed by atoms with Crippen molar-refractivity contribution in [2.45, 2.75) is 64.2 Å². The van der Waals surface area contributed by atoms with Crippen LogP contribution in [0.3, 0.4) is 0 Å². The number of nitrogens with one attached hydrogen (secondary N) is 1. The summed E-state index contributed by atoms with van der Waals surface area (Å²) < 4.78 is 0. The minimum absolute atomic E-state index is 0.741. The van der Waals surface area contributed by atoms with Gasteiger partial charge in [-0.3, -0.25) is 0 Å². The Labute approximate surface area is 123 Å². The van der Waals surface area contributed by atoms with Crippen molar-refractivity contribution in [1.82, 2.24) is 9.97 Å². The van der Waals surface area contributed by atoms with Gasteiger partial charge < -0.3 is 11.1 Å². The molecule has 0 spiro atoms. The van der Waals surface area contributed by atoms with Gasteiger partial charge in [0.15, 0.2) is 0 Å². The van der Waals surface area contributed by atoms with Gasteiger partial charge >= 0.3 is 0 Å². The second-order valence-corrected chi connectivity index (χ2v) is 5.32. The molecule has 0 unspecified atom stereocenters. The number of unbranched alkanes of at least 4 members (excludes halogenated alkanes) is 9. The molecule has 114 valence electrons. The fourth-order valence-corrected chi connectivity index (χ4v) is 2.27. The number of rotatable bonds is 13. The minimum atomic E-state index is 0.741. The molecule has 0 amide bonds. The topological polar surface area (TPSA) is 63.8 Å². The zero-order valence-corrected chi connectivity index (χ0v) is 12.7. The fraction of sp³-hybridized carbons (Fsp3) is 0.750. The zero-order valence-electron chi connectivity index (χ0n) is 12.7. The van der Waals surface area contributed by atoms with Crippen molar-refractivity contribution >= 4 is 5.95 Å². The molecule has 1 aromatic rings. The van der Waals surface area contributed by atoms with E-state index in [2.05, 4.69) is 15.3 Å². The van der Waals surface area contributed by atoms with E-state index in [9.17, 15) is 0 Å². The van der Waals surface area contributed by atoms with Crippen LogP contribution in [0.2, 0.25) is 0 Å². The summed E-state index contributed by atoms with van der Waals surface area (Å²) in [5.41, 5.74) is 5.47. The first-order valence-electron chi connectivity index (χ1n) is 8.14. The summed E-state index contributed by atoms with van der Waals surface area (Å²) in [5, 5.41) is 3.24. The molecule has 0 saturated heterocycles. The highest BCUT2D eigenvalue weighted by Crippen LogP contribution is 2.10. The smallest absolute Gasteiger partial charge is 0.222 e. The standard InChI is InChI=1S/C16H30N4/c17-12-9-7-5-3-1-2-4-6-8-10-13-18-16-19-14-11-15-20-16/h11,14-15H,1-10,12-13,17H2,(H,18,19,20). The third-order valence-corrected chi connectivity index (χ3v) is 3.48. The Balaban J connectivity index is 1.77. The molecule has 0 saturated carbocycles. The molecule has 0 bridgehead atoms. The maximum absolute atomic E-state index is 5.47. The molecule has 0 atom stereocenters. The van der Waals surface area contributed by atoms with Crippen molar-refractivity contribution in [2.24, 2.45) is 5.73 Å². The van der Waals surface area contributed by atoms with E-state index in [1.165, 1.54) is 64.2 Å². The molecule has 20 heavy (non-hydrogen) atoms. The van der Waals surface area contributed by atoms with Crippen LogP contribution in [0.5, 0.6) is 0 Å². The van der Waals surface area contributed by atoms with E-state index in [1.54, 1.807) is 12.4 Å². The van der Waals surface area contributed by atoms with Crippen LogP contribution >= 0.6 is 0 Å². The summed E-state index contributed by atoms with van der Waals surface area (Å²) in [6, 6.07) is 1.83.